The number of methoxy groups -OCH3 is 2. The van der Waals surface area contributed by atoms with Gasteiger partial charge in [-0.3, -0.25) is 9.10 Å². The van der Waals surface area contributed by atoms with Crippen LogP contribution in [0.1, 0.15) is 32.6 Å². The first-order valence-corrected chi connectivity index (χ1v) is 12.6. The topological polar surface area (TPSA) is 85.4 Å². The number of amides is 1. The molecule has 1 aliphatic rings. The molecule has 1 fully saturated rings. The molecule has 1 aliphatic heterocycles. The molecule has 0 radical (unpaired) electrons. The van der Waals surface area contributed by atoms with Crippen molar-refractivity contribution in [2.75, 3.05) is 44.8 Å². The van der Waals surface area contributed by atoms with Gasteiger partial charge in [-0.1, -0.05) is 12.8 Å². The van der Waals surface area contributed by atoms with Crippen molar-refractivity contribution in [1.82, 2.24) is 4.90 Å². The summed E-state index contributed by atoms with van der Waals surface area (Å²) in [5.74, 6) is 1.13. The van der Waals surface area contributed by atoms with E-state index >= 15 is 0 Å². The van der Waals surface area contributed by atoms with Crippen LogP contribution in [-0.2, 0) is 14.8 Å². The van der Waals surface area contributed by atoms with E-state index in [1.165, 1.54) is 26.4 Å². The zero-order valence-electron chi connectivity index (χ0n) is 19.5. The Kier molecular flexibility index (Phi) is 8.43. The second-order valence-electron chi connectivity index (χ2n) is 7.75. The minimum Gasteiger partial charge on any atom is -0.494 e. The lowest BCUT2D eigenvalue weighted by Gasteiger charge is -2.28. The van der Waals surface area contributed by atoms with Gasteiger partial charge < -0.3 is 19.1 Å². The summed E-state index contributed by atoms with van der Waals surface area (Å²) in [5.41, 5.74) is 0.386. The second kappa shape index (κ2) is 11.3. The molecule has 33 heavy (non-hydrogen) atoms. The Morgan fingerprint density at radius 2 is 1.58 bits per heavy atom. The Morgan fingerprint density at radius 1 is 0.939 bits per heavy atom. The van der Waals surface area contributed by atoms with Gasteiger partial charge >= 0.3 is 0 Å². The number of ether oxygens (including phenoxy) is 3. The number of benzene rings is 2. The number of likely N-dealkylation sites (tertiary alicyclic amines) is 1. The van der Waals surface area contributed by atoms with Crippen molar-refractivity contribution in [3.05, 3.63) is 42.5 Å². The largest absolute Gasteiger partial charge is 0.494 e. The van der Waals surface area contributed by atoms with E-state index in [0.29, 0.717) is 42.6 Å². The molecule has 0 unspecified atom stereocenters. The van der Waals surface area contributed by atoms with Crippen LogP contribution in [0.15, 0.2) is 47.4 Å². The van der Waals surface area contributed by atoms with Gasteiger partial charge in [0.2, 0.25) is 5.91 Å². The Morgan fingerprint density at radius 3 is 2.15 bits per heavy atom. The molecule has 9 heteroatoms. The van der Waals surface area contributed by atoms with Crippen molar-refractivity contribution < 1.29 is 27.4 Å². The lowest BCUT2D eigenvalue weighted by Crippen LogP contribution is -2.43. The number of nitrogens with zero attached hydrogens (tertiary/aromatic N) is 2. The quantitative estimate of drug-likeness (QED) is 0.549. The van der Waals surface area contributed by atoms with Crippen LogP contribution in [0.5, 0.6) is 17.2 Å². The standard InChI is InChI=1S/C24H32N2O6S/c1-4-32-20-11-9-19(10-12-20)26(18-24(27)25-15-7-5-6-8-16-25)33(28,29)21-13-14-22(30-2)23(17-21)31-3/h9-14,17H,4-8,15-16,18H2,1-3H3. The van der Waals surface area contributed by atoms with Crippen molar-refractivity contribution in [2.24, 2.45) is 0 Å². The minimum absolute atomic E-state index is 0.0118. The highest BCUT2D eigenvalue weighted by Crippen LogP contribution is 2.32. The van der Waals surface area contributed by atoms with E-state index in [-0.39, 0.29) is 17.3 Å². The molecule has 1 saturated heterocycles. The first-order valence-electron chi connectivity index (χ1n) is 11.2. The lowest BCUT2D eigenvalue weighted by molar-refractivity contribution is -0.129. The molecule has 0 spiro atoms. The molecular weight excluding hydrogens is 444 g/mol. The molecule has 0 N–H and O–H groups in total. The zero-order chi connectivity index (χ0) is 23.8. The molecule has 1 amide bonds. The third kappa shape index (κ3) is 5.90. The summed E-state index contributed by atoms with van der Waals surface area (Å²) in [7, 11) is -1.14. The lowest BCUT2D eigenvalue weighted by atomic mass is 10.2. The fraction of sp³-hybridized carbons (Fsp3) is 0.458. The average Bonchev–Trinajstić information content (AvgIpc) is 3.12. The van der Waals surface area contributed by atoms with E-state index in [0.717, 1.165) is 30.0 Å². The van der Waals surface area contributed by atoms with Crippen molar-refractivity contribution in [3.63, 3.8) is 0 Å². The molecule has 180 valence electrons. The fourth-order valence-corrected chi connectivity index (χ4v) is 5.27. The molecular formula is C24H32N2O6S. The molecule has 0 aromatic heterocycles. The summed E-state index contributed by atoms with van der Waals surface area (Å²) in [6.45, 7) is 3.38. The van der Waals surface area contributed by atoms with Crippen molar-refractivity contribution in [3.8, 4) is 17.2 Å². The summed E-state index contributed by atoms with van der Waals surface area (Å²) >= 11 is 0. The highest BCUT2D eigenvalue weighted by Gasteiger charge is 2.30. The number of rotatable bonds is 9. The number of hydrogen-bond donors (Lipinski definition) is 0. The predicted octanol–water partition coefficient (Wildman–Crippen LogP) is 3.70. The van der Waals surface area contributed by atoms with Crippen LogP contribution in [0, 0.1) is 0 Å². The first kappa shape index (κ1) is 24.7. The van der Waals surface area contributed by atoms with Gasteiger partial charge in [0.1, 0.15) is 12.3 Å². The van der Waals surface area contributed by atoms with Crippen molar-refractivity contribution in [1.29, 1.82) is 0 Å². The van der Waals surface area contributed by atoms with E-state index < -0.39 is 10.0 Å². The molecule has 1 heterocycles. The molecule has 8 nitrogen and oxygen atoms in total. The Balaban J connectivity index is 1.98. The third-order valence-electron chi connectivity index (χ3n) is 5.62. The van der Waals surface area contributed by atoms with Gasteiger partial charge in [0.05, 0.1) is 31.4 Å². The number of sulfonamides is 1. The highest BCUT2D eigenvalue weighted by molar-refractivity contribution is 7.92. The van der Waals surface area contributed by atoms with Gasteiger partial charge in [0.15, 0.2) is 11.5 Å². The third-order valence-corrected chi connectivity index (χ3v) is 7.39. The monoisotopic (exact) mass is 476 g/mol. The molecule has 0 bridgehead atoms. The molecule has 0 saturated carbocycles. The van der Waals surface area contributed by atoms with Gasteiger partial charge in [0.25, 0.3) is 10.0 Å². The maximum Gasteiger partial charge on any atom is 0.264 e. The van der Waals surface area contributed by atoms with Crippen molar-refractivity contribution >= 4 is 21.6 Å². The predicted molar refractivity (Wildman–Crippen MR) is 127 cm³/mol. The maximum atomic E-state index is 13.7. The summed E-state index contributed by atoms with van der Waals surface area (Å²) in [4.78, 5) is 14.9. The number of anilines is 1. The fourth-order valence-electron chi connectivity index (χ4n) is 3.84. The van der Waals surface area contributed by atoms with E-state index in [1.54, 1.807) is 35.2 Å². The van der Waals surface area contributed by atoms with Crippen molar-refractivity contribution in [2.45, 2.75) is 37.5 Å². The SMILES string of the molecule is CCOc1ccc(N(CC(=O)N2CCCCCC2)S(=O)(=O)c2ccc(OC)c(OC)c2)cc1. The second-order valence-corrected chi connectivity index (χ2v) is 9.61. The van der Waals surface area contributed by atoms with Gasteiger partial charge in [-0.05, 0) is 56.2 Å². The Hall–Kier alpha value is -2.94. The average molecular weight is 477 g/mol. The number of carbonyl (C=O) groups is 1. The van der Waals surface area contributed by atoms with Gasteiger partial charge in [-0.25, -0.2) is 8.42 Å². The molecule has 3 rings (SSSR count). The van der Waals surface area contributed by atoms with E-state index in [1.807, 2.05) is 6.92 Å². The zero-order valence-corrected chi connectivity index (χ0v) is 20.3. The van der Waals surface area contributed by atoms with Crippen LogP contribution in [0.3, 0.4) is 0 Å². The minimum atomic E-state index is -4.07. The van der Waals surface area contributed by atoms with Gasteiger partial charge in [-0.15, -0.1) is 0 Å². The van der Waals surface area contributed by atoms with E-state index in [4.69, 9.17) is 14.2 Å². The summed E-state index contributed by atoms with van der Waals surface area (Å²) in [5, 5.41) is 0. The Bertz CT molecular complexity index is 1030. The summed E-state index contributed by atoms with van der Waals surface area (Å²) in [6.07, 6.45) is 4.01. The molecule has 2 aromatic rings. The van der Waals surface area contributed by atoms with Crippen LogP contribution >= 0.6 is 0 Å². The van der Waals surface area contributed by atoms with E-state index in [9.17, 15) is 13.2 Å². The Labute approximate surface area is 196 Å². The highest BCUT2D eigenvalue weighted by atomic mass is 32.2. The number of hydrogen-bond acceptors (Lipinski definition) is 6. The van der Waals surface area contributed by atoms with E-state index in [2.05, 4.69) is 0 Å². The van der Waals surface area contributed by atoms with Crippen LogP contribution < -0.4 is 18.5 Å². The maximum absolute atomic E-state index is 13.7. The van der Waals surface area contributed by atoms with Crippen LogP contribution in [-0.4, -0.2) is 59.7 Å². The van der Waals surface area contributed by atoms with Crippen LogP contribution in [0.4, 0.5) is 5.69 Å². The van der Waals surface area contributed by atoms with Crippen LogP contribution in [0.25, 0.3) is 0 Å². The van der Waals surface area contributed by atoms with Gasteiger partial charge in [0, 0.05) is 19.2 Å². The van der Waals surface area contributed by atoms with Gasteiger partial charge in [-0.2, -0.15) is 0 Å². The first-order chi connectivity index (χ1) is 15.9. The molecule has 0 atom stereocenters. The smallest absolute Gasteiger partial charge is 0.264 e. The molecule has 2 aromatic carbocycles. The van der Waals surface area contributed by atoms with Crippen LogP contribution in [0.2, 0.25) is 0 Å². The summed E-state index contributed by atoms with van der Waals surface area (Å²) < 4.78 is 44.6. The normalized spacial score (nSPS) is 14.3. The summed E-state index contributed by atoms with van der Waals surface area (Å²) in [6, 6.07) is 11.1. The molecule has 0 aliphatic carbocycles. The number of carbonyl (C=O) groups excluding carboxylic acids is 1.